The van der Waals surface area contributed by atoms with E-state index in [0.717, 1.165) is 5.56 Å². The number of aromatic nitrogens is 3. The van der Waals surface area contributed by atoms with Gasteiger partial charge in [0.25, 0.3) is 17.4 Å². The molecule has 2 heterocycles. The molecule has 0 saturated carbocycles. The number of benzene rings is 1. The number of nitrogens with zero attached hydrogens (tertiary/aromatic N) is 2. The Bertz CT molecular complexity index is 1140. The van der Waals surface area contributed by atoms with Crippen LogP contribution in [-0.2, 0) is 17.5 Å². The first-order valence-electron chi connectivity index (χ1n) is 8.32. The number of pyridine rings is 1. The van der Waals surface area contributed by atoms with Crippen LogP contribution >= 0.6 is 11.6 Å². The van der Waals surface area contributed by atoms with Gasteiger partial charge in [0.1, 0.15) is 17.3 Å². The molecule has 2 aromatic heterocycles. The number of hydrogen-bond acceptors (Lipinski definition) is 4. The van der Waals surface area contributed by atoms with E-state index in [9.17, 15) is 27.6 Å². The van der Waals surface area contributed by atoms with Gasteiger partial charge < -0.3 is 4.57 Å². The molecule has 156 valence electrons. The molecule has 0 aliphatic carbocycles. The van der Waals surface area contributed by atoms with Crippen LogP contribution in [0.15, 0.2) is 53.5 Å². The number of hydrogen-bond donors (Lipinski definition) is 3. The Hall–Kier alpha value is -3.60. The van der Waals surface area contributed by atoms with Gasteiger partial charge in [0.15, 0.2) is 0 Å². The zero-order valence-electron chi connectivity index (χ0n) is 15.0. The maximum atomic E-state index is 12.8. The largest absolute Gasteiger partial charge is 0.417 e. The Balaban J connectivity index is 1.64. The number of carbonyl (C=O) groups excluding carboxylic acids is 2. The van der Waals surface area contributed by atoms with Crippen molar-refractivity contribution in [3.05, 3.63) is 75.3 Å². The van der Waals surface area contributed by atoms with Crippen molar-refractivity contribution < 1.29 is 22.8 Å². The van der Waals surface area contributed by atoms with Gasteiger partial charge in [-0.2, -0.15) is 18.3 Å². The van der Waals surface area contributed by atoms with Gasteiger partial charge in [0.05, 0.1) is 11.3 Å². The Morgan fingerprint density at radius 3 is 2.50 bits per heavy atom. The third-order valence-corrected chi connectivity index (χ3v) is 4.16. The topological polar surface area (TPSA) is 109 Å². The molecule has 1 aromatic carbocycles. The van der Waals surface area contributed by atoms with E-state index in [1.54, 1.807) is 24.3 Å². The normalized spacial score (nSPS) is 11.2. The lowest BCUT2D eigenvalue weighted by molar-refractivity contribution is -0.138. The van der Waals surface area contributed by atoms with Gasteiger partial charge in [-0.3, -0.25) is 30.3 Å². The Morgan fingerprint density at radius 2 is 1.83 bits per heavy atom. The van der Waals surface area contributed by atoms with Crippen LogP contribution in [0.1, 0.15) is 16.1 Å². The van der Waals surface area contributed by atoms with Crippen LogP contribution in [0.25, 0.3) is 11.3 Å². The van der Waals surface area contributed by atoms with E-state index in [1.165, 1.54) is 6.07 Å². The summed E-state index contributed by atoms with van der Waals surface area (Å²) < 4.78 is 39.0. The van der Waals surface area contributed by atoms with Gasteiger partial charge in [-0.05, 0) is 12.1 Å². The molecule has 0 atom stereocenters. The Kier molecular flexibility index (Phi) is 5.92. The fraction of sp³-hybridized carbons (Fsp3) is 0.111. The summed E-state index contributed by atoms with van der Waals surface area (Å²) in [5.41, 5.74) is 3.23. The number of nitrogens with one attached hydrogen (secondary N) is 3. The van der Waals surface area contributed by atoms with Gasteiger partial charge in [0.2, 0.25) is 0 Å². The number of H-pyrrole nitrogens is 1. The lowest BCUT2D eigenvalue weighted by Crippen LogP contribution is -2.44. The van der Waals surface area contributed by atoms with Crippen molar-refractivity contribution in [2.45, 2.75) is 12.7 Å². The summed E-state index contributed by atoms with van der Waals surface area (Å²) in [6.07, 6.45) is -4.28. The molecule has 0 fully saturated rings. The van der Waals surface area contributed by atoms with Crippen LogP contribution in [0.5, 0.6) is 0 Å². The number of amides is 2. The van der Waals surface area contributed by atoms with Gasteiger partial charge in [0, 0.05) is 11.8 Å². The van der Waals surface area contributed by atoms with Crippen molar-refractivity contribution in [1.29, 1.82) is 0 Å². The number of alkyl halides is 3. The van der Waals surface area contributed by atoms with Crippen LogP contribution in [-0.4, -0.2) is 26.6 Å². The van der Waals surface area contributed by atoms with Crippen LogP contribution in [0, 0.1) is 0 Å². The molecule has 0 aliphatic rings. The molecule has 0 saturated heterocycles. The quantitative estimate of drug-likeness (QED) is 0.542. The number of rotatable bonds is 4. The average molecular weight is 440 g/mol. The summed E-state index contributed by atoms with van der Waals surface area (Å²) in [5, 5.41) is 5.81. The predicted molar refractivity (Wildman–Crippen MR) is 100 cm³/mol. The zero-order chi connectivity index (χ0) is 21.9. The molecular formula is C18H13ClF3N5O3. The molecule has 0 unspecified atom stereocenters. The standard InChI is InChI=1S/C18H13ClF3N5O3/c19-12-6-11(18(20,21)22)8-27(17(12)30)9-15(28)25-26-16(29)14-7-13(23-24-14)10-4-2-1-3-5-10/h1-8H,9H2,(H,23,24)(H,25,28)(H,26,29). The van der Waals surface area contributed by atoms with Crippen LogP contribution < -0.4 is 16.4 Å². The molecule has 8 nitrogen and oxygen atoms in total. The molecule has 2 amide bonds. The number of aromatic amines is 1. The molecule has 30 heavy (non-hydrogen) atoms. The zero-order valence-corrected chi connectivity index (χ0v) is 15.7. The summed E-state index contributed by atoms with van der Waals surface area (Å²) in [6.45, 7) is -0.791. The van der Waals surface area contributed by atoms with Crippen LogP contribution in [0.3, 0.4) is 0 Å². The third-order valence-electron chi connectivity index (χ3n) is 3.89. The van der Waals surface area contributed by atoms with Crippen molar-refractivity contribution in [2.24, 2.45) is 0 Å². The van der Waals surface area contributed by atoms with Crippen molar-refractivity contribution in [3.63, 3.8) is 0 Å². The van der Waals surface area contributed by atoms with E-state index in [4.69, 9.17) is 11.6 Å². The van der Waals surface area contributed by atoms with Gasteiger partial charge in [-0.25, -0.2) is 0 Å². The molecule has 3 rings (SSSR count). The van der Waals surface area contributed by atoms with Crippen molar-refractivity contribution in [2.75, 3.05) is 0 Å². The SMILES string of the molecule is O=C(Cn1cc(C(F)(F)F)cc(Cl)c1=O)NNC(=O)c1cc(-c2ccccc2)n[nH]1. The van der Waals surface area contributed by atoms with Gasteiger partial charge >= 0.3 is 6.18 Å². The highest BCUT2D eigenvalue weighted by Crippen LogP contribution is 2.29. The highest BCUT2D eigenvalue weighted by Gasteiger charge is 2.32. The molecule has 0 spiro atoms. The first-order chi connectivity index (χ1) is 14.1. The monoisotopic (exact) mass is 439 g/mol. The minimum absolute atomic E-state index is 0.0356. The smallest absolute Gasteiger partial charge is 0.304 e. The fourth-order valence-corrected chi connectivity index (χ4v) is 2.68. The summed E-state index contributed by atoms with van der Waals surface area (Å²) >= 11 is 5.52. The number of halogens is 4. The molecule has 0 radical (unpaired) electrons. The van der Waals surface area contributed by atoms with E-state index in [0.29, 0.717) is 22.5 Å². The summed E-state index contributed by atoms with van der Waals surface area (Å²) in [7, 11) is 0. The first-order valence-corrected chi connectivity index (χ1v) is 8.70. The molecule has 3 N–H and O–H groups in total. The lowest BCUT2D eigenvalue weighted by atomic mass is 10.1. The van der Waals surface area contributed by atoms with Crippen molar-refractivity contribution in [3.8, 4) is 11.3 Å². The second-order valence-electron chi connectivity index (χ2n) is 6.04. The fourth-order valence-electron chi connectivity index (χ4n) is 2.45. The molecule has 12 heteroatoms. The highest BCUT2D eigenvalue weighted by atomic mass is 35.5. The summed E-state index contributed by atoms with van der Waals surface area (Å²) in [4.78, 5) is 35.9. The van der Waals surface area contributed by atoms with E-state index >= 15 is 0 Å². The highest BCUT2D eigenvalue weighted by molar-refractivity contribution is 6.30. The predicted octanol–water partition coefficient (Wildman–Crippen LogP) is 2.37. The number of hydrazine groups is 1. The maximum Gasteiger partial charge on any atom is 0.417 e. The summed E-state index contributed by atoms with van der Waals surface area (Å²) in [5.74, 6) is -1.68. The Morgan fingerprint density at radius 1 is 1.13 bits per heavy atom. The second-order valence-corrected chi connectivity index (χ2v) is 6.45. The van der Waals surface area contributed by atoms with Gasteiger partial charge in [-0.1, -0.05) is 41.9 Å². The number of carbonyl (C=O) groups is 2. The second kappa shape index (κ2) is 8.41. The molecular weight excluding hydrogens is 427 g/mol. The van der Waals surface area contributed by atoms with E-state index in [1.807, 2.05) is 11.5 Å². The Labute approximate surface area is 171 Å². The maximum absolute atomic E-state index is 12.8. The van der Waals surface area contributed by atoms with E-state index in [-0.39, 0.29) is 5.69 Å². The van der Waals surface area contributed by atoms with Crippen LogP contribution in [0.4, 0.5) is 13.2 Å². The molecule has 0 aliphatic heterocycles. The average Bonchev–Trinajstić information content (AvgIpc) is 3.20. The van der Waals surface area contributed by atoms with E-state index < -0.39 is 40.7 Å². The minimum Gasteiger partial charge on any atom is -0.304 e. The first kappa shape index (κ1) is 21.1. The molecule has 0 bridgehead atoms. The van der Waals surface area contributed by atoms with Crippen LogP contribution in [0.2, 0.25) is 5.02 Å². The van der Waals surface area contributed by atoms with Crippen molar-refractivity contribution >= 4 is 23.4 Å². The van der Waals surface area contributed by atoms with Gasteiger partial charge in [-0.15, -0.1) is 0 Å². The molecule has 3 aromatic rings. The van der Waals surface area contributed by atoms with E-state index in [2.05, 4.69) is 15.6 Å². The van der Waals surface area contributed by atoms with Crippen molar-refractivity contribution in [1.82, 2.24) is 25.6 Å². The summed E-state index contributed by atoms with van der Waals surface area (Å²) in [6, 6.07) is 10.9. The lowest BCUT2D eigenvalue weighted by Gasteiger charge is -2.12. The minimum atomic E-state index is -4.75. The third kappa shape index (κ3) is 4.87.